The van der Waals surface area contributed by atoms with Gasteiger partial charge in [-0.25, -0.2) is 0 Å². The molecule has 0 saturated heterocycles. The number of carbonyl (C=O) groups excluding carboxylic acids is 2. The summed E-state index contributed by atoms with van der Waals surface area (Å²) in [7, 11) is 0. The quantitative estimate of drug-likeness (QED) is 0.660. The fourth-order valence-electron chi connectivity index (χ4n) is 2.98. The van der Waals surface area contributed by atoms with Crippen LogP contribution in [-0.4, -0.2) is 35.9 Å². The number of aryl methyl sites for hydroxylation is 2. The van der Waals surface area contributed by atoms with Crippen LogP contribution in [0.3, 0.4) is 0 Å². The maximum atomic E-state index is 13.0. The molecule has 2 amide bonds. The van der Waals surface area contributed by atoms with Gasteiger partial charge in [0.05, 0.1) is 10.0 Å². The van der Waals surface area contributed by atoms with E-state index in [1.807, 2.05) is 39.0 Å². The molecule has 0 saturated carbocycles. The smallest absolute Gasteiger partial charge is 0.261 e. The highest BCUT2D eigenvalue weighted by atomic mass is 35.5. The summed E-state index contributed by atoms with van der Waals surface area (Å²) in [5, 5.41) is 3.59. The number of hydrogen-bond acceptors (Lipinski definition) is 3. The van der Waals surface area contributed by atoms with Crippen molar-refractivity contribution in [3.63, 3.8) is 0 Å². The van der Waals surface area contributed by atoms with E-state index in [-0.39, 0.29) is 25.0 Å². The second-order valence-corrected chi connectivity index (χ2v) is 7.77. The minimum Gasteiger partial charge on any atom is -0.484 e. The van der Waals surface area contributed by atoms with Crippen LogP contribution in [0.5, 0.6) is 5.75 Å². The molecular weight excluding hydrogens is 411 g/mol. The third-order valence-corrected chi connectivity index (χ3v) is 5.15. The van der Waals surface area contributed by atoms with Gasteiger partial charge in [-0.05, 0) is 68.7 Å². The van der Waals surface area contributed by atoms with Crippen molar-refractivity contribution in [3.8, 4) is 5.75 Å². The van der Waals surface area contributed by atoms with E-state index >= 15 is 0 Å². The van der Waals surface area contributed by atoms with Crippen molar-refractivity contribution in [3.05, 3.63) is 63.1 Å². The largest absolute Gasteiger partial charge is 0.484 e. The third-order valence-electron chi connectivity index (χ3n) is 4.41. The van der Waals surface area contributed by atoms with E-state index < -0.39 is 6.04 Å². The molecule has 7 heteroatoms. The van der Waals surface area contributed by atoms with Crippen molar-refractivity contribution < 1.29 is 14.3 Å². The fourth-order valence-corrected chi connectivity index (χ4v) is 3.30. The molecule has 1 atom stereocenters. The third kappa shape index (κ3) is 6.65. The number of amides is 2. The van der Waals surface area contributed by atoms with Gasteiger partial charge in [0.2, 0.25) is 5.91 Å². The van der Waals surface area contributed by atoms with Crippen molar-refractivity contribution in [2.45, 2.75) is 40.3 Å². The summed E-state index contributed by atoms with van der Waals surface area (Å²) in [5.41, 5.74) is 2.88. The highest BCUT2D eigenvalue weighted by molar-refractivity contribution is 6.42. The molecule has 0 aliphatic carbocycles. The maximum Gasteiger partial charge on any atom is 0.261 e. The summed E-state index contributed by atoms with van der Waals surface area (Å²) in [6.07, 6.45) is 0. The van der Waals surface area contributed by atoms with Gasteiger partial charge in [-0.3, -0.25) is 9.59 Å². The summed E-state index contributed by atoms with van der Waals surface area (Å²) in [6.45, 7) is 7.98. The van der Waals surface area contributed by atoms with Gasteiger partial charge in [0.25, 0.3) is 5.91 Å². The summed E-state index contributed by atoms with van der Waals surface area (Å²) in [5.74, 6) is 0.0947. The van der Waals surface area contributed by atoms with Crippen LogP contribution in [0.4, 0.5) is 0 Å². The Morgan fingerprint density at radius 1 is 1.07 bits per heavy atom. The molecule has 0 bridgehead atoms. The average Bonchev–Trinajstić information content (AvgIpc) is 2.66. The maximum absolute atomic E-state index is 13.0. The number of likely N-dealkylation sites (N-methyl/N-ethyl adjacent to an activating group) is 1. The van der Waals surface area contributed by atoms with Crippen LogP contribution < -0.4 is 10.1 Å². The summed E-state index contributed by atoms with van der Waals surface area (Å²) in [6, 6.07) is 10.3. The van der Waals surface area contributed by atoms with Gasteiger partial charge in [-0.1, -0.05) is 35.3 Å². The molecule has 1 N–H and O–H groups in total. The van der Waals surface area contributed by atoms with Crippen molar-refractivity contribution in [2.24, 2.45) is 0 Å². The Morgan fingerprint density at radius 3 is 2.31 bits per heavy atom. The van der Waals surface area contributed by atoms with E-state index in [2.05, 4.69) is 5.32 Å². The normalized spacial score (nSPS) is 11.7. The van der Waals surface area contributed by atoms with Crippen LogP contribution in [0, 0.1) is 13.8 Å². The molecule has 29 heavy (non-hydrogen) atoms. The zero-order valence-electron chi connectivity index (χ0n) is 17.1. The SMILES string of the molecule is CCNC(=O)[C@H](C)N(Cc1ccc(Cl)c(Cl)c1)C(=O)COc1cc(C)cc(C)c1. The Bertz CT molecular complexity index is 866. The van der Waals surface area contributed by atoms with Crippen LogP contribution in [0.15, 0.2) is 36.4 Å². The summed E-state index contributed by atoms with van der Waals surface area (Å²) >= 11 is 12.1. The van der Waals surface area contributed by atoms with Crippen molar-refractivity contribution in [2.75, 3.05) is 13.2 Å². The average molecular weight is 437 g/mol. The first-order valence-electron chi connectivity index (χ1n) is 9.43. The van der Waals surface area contributed by atoms with Crippen LogP contribution in [0.2, 0.25) is 10.0 Å². The highest BCUT2D eigenvalue weighted by Crippen LogP contribution is 2.24. The predicted molar refractivity (Wildman–Crippen MR) is 117 cm³/mol. The Labute approximate surface area is 181 Å². The lowest BCUT2D eigenvalue weighted by Crippen LogP contribution is -2.49. The Balaban J connectivity index is 2.19. The highest BCUT2D eigenvalue weighted by Gasteiger charge is 2.26. The standard InChI is InChI=1S/C22H26Cl2N2O3/c1-5-25-22(28)16(4)26(12-17-6-7-19(23)20(24)11-17)21(27)13-29-18-9-14(2)8-15(3)10-18/h6-11,16H,5,12-13H2,1-4H3,(H,25,28)/t16-/m0/s1. The van der Waals surface area contributed by atoms with Crippen molar-refractivity contribution >= 4 is 35.0 Å². The number of nitrogens with one attached hydrogen (secondary N) is 1. The molecule has 0 unspecified atom stereocenters. The fraction of sp³-hybridized carbons (Fsp3) is 0.364. The molecule has 0 aromatic heterocycles. The van der Waals surface area contributed by atoms with Gasteiger partial charge in [0.15, 0.2) is 6.61 Å². The van der Waals surface area contributed by atoms with E-state index in [9.17, 15) is 9.59 Å². The minimum atomic E-state index is -0.667. The first-order chi connectivity index (χ1) is 13.7. The molecule has 0 fully saturated rings. The van der Waals surface area contributed by atoms with E-state index in [1.165, 1.54) is 4.90 Å². The minimum absolute atomic E-state index is 0.173. The van der Waals surface area contributed by atoms with Gasteiger partial charge < -0.3 is 15.0 Å². The molecule has 2 rings (SSSR count). The van der Waals surface area contributed by atoms with Gasteiger partial charge in [-0.15, -0.1) is 0 Å². The monoisotopic (exact) mass is 436 g/mol. The van der Waals surface area contributed by atoms with E-state index in [0.717, 1.165) is 16.7 Å². The Morgan fingerprint density at radius 2 is 1.72 bits per heavy atom. The molecule has 0 radical (unpaired) electrons. The molecule has 0 spiro atoms. The molecule has 0 aliphatic heterocycles. The Kier molecular flexibility index (Phi) is 8.35. The van der Waals surface area contributed by atoms with Gasteiger partial charge in [0.1, 0.15) is 11.8 Å². The second kappa shape index (κ2) is 10.5. The van der Waals surface area contributed by atoms with E-state index in [1.54, 1.807) is 25.1 Å². The van der Waals surface area contributed by atoms with E-state index in [4.69, 9.17) is 27.9 Å². The zero-order chi connectivity index (χ0) is 21.6. The zero-order valence-corrected chi connectivity index (χ0v) is 18.6. The summed E-state index contributed by atoms with van der Waals surface area (Å²) < 4.78 is 5.71. The van der Waals surface area contributed by atoms with Crippen LogP contribution in [0.25, 0.3) is 0 Å². The van der Waals surface area contributed by atoms with Crippen LogP contribution >= 0.6 is 23.2 Å². The molecular formula is C22H26Cl2N2O3. The molecule has 0 heterocycles. The van der Waals surface area contributed by atoms with Crippen molar-refractivity contribution in [1.29, 1.82) is 0 Å². The molecule has 2 aromatic carbocycles. The molecule has 0 aliphatic rings. The number of rotatable bonds is 8. The Hall–Kier alpha value is -2.24. The lowest BCUT2D eigenvalue weighted by Gasteiger charge is -2.28. The lowest BCUT2D eigenvalue weighted by atomic mass is 10.1. The molecule has 156 valence electrons. The number of ether oxygens (including phenoxy) is 1. The van der Waals surface area contributed by atoms with E-state index in [0.29, 0.717) is 22.3 Å². The van der Waals surface area contributed by atoms with Gasteiger partial charge in [-0.2, -0.15) is 0 Å². The molecule has 2 aromatic rings. The predicted octanol–water partition coefficient (Wildman–Crippen LogP) is 4.54. The summed E-state index contributed by atoms with van der Waals surface area (Å²) in [4.78, 5) is 26.8. The number of hydrogen-bond donors (Lipinski definition) is 1. The number of halogens is 2. The van der Waals surface area contributed by atoms with Crippen LogP contribution in [-0.2, 0) is 16.1 Å². The number of carbonyl (C=O) groups is 2. The topological polar surface area (TPSA) is 58.6 Å². The molecule has 5 nitrogen and oxygen atoms in total. The van der Waals surface area contributed by atoms with Gasteiger partial charge >= 0.3 is 0 Å². The first-order valence-corrected chi connectivity index (χ1v) is 10.2. The first kappa shape index (κ1) is 23.0. The second-order valence-electron chi connectivity index (χ2n) is 6.95. The number of nitrogens with zero attached hydrogens (tertiary/aromatic N) is 1. The van der Waals surface area contributed by atoms with Crippen LogP contribution in [0.1, 0.15) is 30.5 Å². The number of benzene rings is 2. The lowest BCUT2D eigenvalue weighted by molar-refractivity contribution is -0.142. The van der Waals surface area contributed by atoms with Gasteiger partial charge in [0, 0.05) is 13.1 Å². The van der Waals surface area contributed by atoms with Crippen molar-refractivity contribution in [1.82, 2.24) is 10.2 Å².